The zero-order valence-electron chi connectivity index (χ0n) is 16.4. The summed E-state index contributed by atoms with van der Waals surface area (Å²) in [5.41, 5.74) is 2.41. The number of amides is 1. The summed E-state index contributed by atoms with van der Waals surface area (Å²) >= 11 is 5.25. The maximum atomic E-state index is 12.9. The minimum atomic E-state index is -0.385. The van der Waals surface area contributed by atoms with Gasteiger partial charge < -0.3 is 9.55 Å². The van der Waals surface area contributed by atoms with Crippen molar-refractivity contribution < 1.29 is 4.79 Å². The van der Waals surface area contributed by atoms with E-state index in [1.807, 2.05) is 60.2 Å². The van der Waals surface area contributed by atoms with Gasteiger partial charge in [-0.3, -0.25) is 14.2 Å². The first-order valence-electron chi connectivity index (χ1n) is 9.62. The molecule has 6 nitrogen and oxygen atoms in total. The van der Waals surface area contributed by atoms with Gasteiger partial charge in [0.2, 0.25) is 0 Å². The van der Waals surface area contributed by atoms with Gasteiger partial charge in [-0.1, -0.05) is 36.4 Å². The van der Waals surface area contributed by atoms with Crippen LogP contribution in [0.1, 0.15) is 22.8 Å². The van der Waals surface area contributed by atoms with E-state index in [0.717, 1.165) is 5.56 Å². The van der Waals surface area contributed by atoms with Crippen LogP contribution in [0.2, 0.25) is 0 Å². The molecular weight excluding hydrogens is 396 g/mol. The largest absolute Gasteiger partial charge is 0.332 e. The summed E-state index contributed by atoms with van der Waals surface area (Å²) in [5, 5.41) is 0.487. The van der Waals surface area contributed by atoms with Crippen LogP contribution in [0.3, 0.4) is 0 Å². The number of H-pyrrole nitrogens is 1. The second-order valence-electron chi connectivity index (χ2n) is 6.83. The first-order valence-corrected chi connectivity index (χ1v) is 10.0. The molecular formula is C23H20N4O2S. The monoisotopic (exact) mass is 416 g/mol. The molecule has 0 unspecified atom stereocenters. The van der Waals surface area contributed by atoms with Crippen molar-refractivity contribution in [2.45, 2.75) is 20.0 Å². The summed E-state index contributed by atoms with van der Waals surface area (Å²) in [4.78, 5) is 32.7. The van der Waals surface area contributed by atoms with Crippen molar-refractivity contribution >= 4 is 29.0 Å². The van der Waals surface area contributed by atoms with E-state index < -0.39 is 0 Å². The summed E-state index contributed by atoms with van der Waals surface area (Å²) < 4.78 is 3.74. The summed E-state index contributed by atoms with van der Waals surface area (Å²) in [5.74, 6) is -0.385. The molecule has 7 heteroatoms. The molecule has 2 aromatic heterocycles. The first-order chi connectivity index (χ1) is 14.6. The van der Waals surface area contributed by atoms with Crippen LogP contribution in [-0.2, 0) is 13.1 Å². The van der Waals surface area contributed by atoms with Gasteiger partial charge in [-0.25, -0.2) is 0 Å². The van der Waals surface area contributed by atoms with Gasteiger partial charge in [-0.15, -0.1) is 0 Å². The lowest BCUT2D eigenvalue weighted by Crippen LogP contribution is -2.22. The summed E-state index contributed by atoms with van der Waals surface area (Å²) in [6, 6.07) is 20.4. The number of benzene rings is 2. The highest BCUT2D eigenvalue weighted by Crippen LogP contribution is 2.12. The lowest BCUT2D eigenvalue weighted by atomic mass is 10.1. The Morgan fingerprint density at radius 3 is 2.60 bits per heavy atom. The van der Waals surface area contributed by atoms with Crippen LogP contribution in [0.4, 0.5) is 0 Å². The molecule has 30 heavy (non-hydrogen) atoms. The van der Waals surface area contributed by atoms with Gasteiger partial charge in [-0.2, -0.15) is 4.99 Å². The zero-order valence-corrected chi connectivity index (χ0v) is 17.2. The summed E-state index contributed by atoms with van der Waals surface area (Å²) in [6.07, 6.45) is 1.89. The lowest BCUT2D eigenvalue weighted by Gasteiger charge is -2.08. The van der Waals surface area contributed by atoms with E-state index in [-0.39, 0.29) is 11.5 Å². The van der Waals surface area contributed by atoms with E-state index in [0.29, 0.717) is 39.8 Å². The van der Waals surface area contributed by atoms with Crippen molar-refractivity contribution in [2.75, 3.05) is 0 Å². The maximum Gasteiger partial charge on any atom is 0.279 e. The van der Waals surface area contributed by atoms with Crippen LogP contribution >= 0.6 is 12.2 Å². The Hall–Kier alpha value is -3.58. The Bertz CT molecular complexity index is 1420. The topological polar surface area (TPSA) is 72.2 Å². The number of carbonyl (C=O) groups is 1. The third-order valence-electron chi connectivity index (χ3n) is 4.87. The van der Waals surface area contributed by atoms with Gasteiger partial charge in [0.1, 0.15) is 5.49 Å². The summed E-state index contributed by atoms with van der Waals surface area (Å²) in [6.45, 7) is 2.95. The third-order valence-corrected chi connectivity index (χ3v) is 5.20. The van der Waals surface area contributed by atoms with E-state index in [4.69, 9.17) is 12.2 Å². The van der Waals surface area contributed by atoms with Crippen LogP contribution in [0.15, 0.2) is 82.7 Å². The molecule has 0 spiro atoms. The van der Waals surface area contributed by atoms with Gasteiger partial charge in [0.25, 0.3) is 11.5 Å². The molecule has 0 radical (unpaired) electrons. The van der Waals surface area contributed by atoms with Crippen molar-refractivity contribution in [1.29, 1.82) is 0 Å². The number of nitrogens with zero attached hydrogens (tertiary/aromatic N) is 3. The molecule has 2 heterocycles. The van der Waals surface area contributed by atoms with Crippen molar-refractivity contribution in [3.63, 3.8) is 0 Å². The molecule has 150 valence electrons. The average molecular weight is 417 g/mol. The highest BCUT2D eigenvalue weighted by molar-refractivity contribution is 7.71. The third kappa shape index (κ3) is 3.92. The number of pyridine rings is 1. The molecule has 4 aromatic rings. The Labute approximate surface area is 177 Å². The van der Waals surface area contributed by atoms with Crippen LogP contribution in [0.5, 0.6) is 0 Å². The van der Waals surface area contributed by atoms with Crippen molar-refractivity contribution in [3.8, 4) is 0 Å². The lowest BCUT2D eigenvalue weighted by molar-refractivity contribution is 0.0997. The van der Waals surface area contributed by atoms with Crippen LogP contribution in [0.25, 0.3) is 10.9 Å². The van der Waals surface area contributed by atoms with Gasteiger partial charge in [0, 0.05) is 24.8 Å². The number of nitrogens with one attached hydrogen (secondary N) is 1. The first kappa shape index (κ1) is 19.7. The SMILES string of the molecule is CCn1c(=S)[nH]c2cc(C(=O)N=c3ccccn3Cc3ccccc3)ccc2c1=O. The van der Waals surface area contributed by atoms with Gasteiger partial charge in [0.05, 0.1) is 10.9 Å². The number of fused-ring (bicyclic) bond motifs is 1. The molecule has 0 saturated carbocycles. The molecule has 4 rings (SSSR count). The van der Waals surface area contributed by atoms with E-state index in [1.165, 1.54) is 4.57 Å². The van der Waals surface area contributed by atoms with Gasteiger partial charge in [-0.05, 0) is 55.0 Å². The highest BCUT2D eigenvalue weighted by Gasteiger charge is 2.10. The Balaban J connectivity index is 1.74. The number of hydrogen-bond acceptors (Lipinski definition) is 3. The molecule has 0 saturated heterocycles. The van der Waals surface area contributed by atoms with E-state index >= 15 is 0 Å². The zero-order chi connectivity index (χ0) is 21.1. The minimum absolute atomic E-state index is 0.170. The Kier molecular flexibility index (Phi) is 5.54. The molecule has 0 fully saturated rings. The van der Waals surface area contributed by atoms with Crippen molar-refractivity contribution in [2.24, 2.45) is 4.99 Å². The molecule has 1 N–H and O–H groups in total. The molecule has 0 aliphatic heterocycles. The normalized spacial score (nSPS) is 11.7. The van der Waals surface area contributed by atoms with Crippen LogP contribution < -0.4 is 11.0 Å². The quantitative estimate of drug-likeness (QED) is 0.516. The average Bonchev–Trinajstić information content (AvgIpc) is 2.75. The van der Waals surface area contributed by atoms with E-state index in [1.54, 1.807) is 24.3 Å². The second kappa shape index (κ2) is 8.42. The number of hydrogen-bond donors (Lipinski definition) is 1. The molecule has 0 bridgehead atoms. The van der Waals surface area contributed by atoms with Gasteiger partial charge in [0.15, 0.2) is 4.77 Å². The predicted octanol–water partition coefficient (Wildman–Crippen LogP) is 3.67. The van der Waals surface area contributed by atoms with Crippen molar-refractivity contribution in [3.05, 3.63) is 105 Å². The fraction of sp³-hybridized carbons (Fsp3) is 0.130. The standard InChI is InChI=1S/C23H20N4O2S/c1-2-27-22(29)18-12-11-17(14-19(18)24-23(27)30)21(28)25-20-10-6-7-13-26(20)15-16-8-4-3-5-9-16/h3-14H,2,15H2,1H3,(H,24,30). The predicted molar refractivity (Wildman–Crippen MR) is 119 cm³/mol. The smallest absolute Gasteiger partial charge is 0.279 e. The molecule has 0 atom stereocenters. The fourth-order valence-electron chi connectivity index (χ4n) is 3.33. The number of rotatable bonds is 4. The number of aromatic amines is 1. The van der Waals surface area contributed by atoms with E-state index in [2.05, 4.69) is 9.98 Å². The Morgan fingerprint density at radius 2 is 1.83 bits per heavy atom. The second-order valence-corrected chi connectivity index (χ2v) is 7.22. The molecule has 0 aliphatic carbocycles. The van der Waals surface area contributed by atoms with Crippen molar-refractivity contribution in [1.82, 2.24) is 14.1 Å². The number of aromatic nitrogens is 3. The van der Waals surface area contributed by atoms with Gasteiger partial charge >= 0.3 is 0 Å². The van der Waals surface area contributed by atoms with E-state index in [9.17, 15) is 9.59 Å². The molecule has 1 amide bonds. The summed E-state index contributed by atoms with van der Waals surface area (Å²) in [7, 11) is 0. The molecule has 2 aromatic carbocycles. The minimum Gasteiger partial charge on any atom is -0.332 e. The Morgan fingerprint density at radius 1 is 1.07 bits per heavy atom. The molecule has 0 aliphatic rings. The highest BCUT2D eigenvalue weighted by atomic mass is 32.1. The number of carbonyl (C=O) groups excluding carboxylic acids is 1. The maximum absolute atomic E-state index is 12.9. The van der Waals surface area contributed by atoms with Crippen LogP contribution in [-0.4, -0.2) is 20.0 Å². The fourth-order valence-corrected chi connectivity index (χ4v) is 3.65. The van der Waals surface area contributed by atoms with Crippen LogP contribution in [0, 0.1) is 4.77 Å².